The van der Waals surface area contributed by atoms with Crippen LogP contribution in [0.2, 0.25) is 5.02 Å². The molecule has 0 N–H and O–H groups in total. The summed E-state index contributed by atoms with van der Waals surface area (Å²) in [6, 6.07) is 6.54. The van der Waals surface area contributed by atoms with Gasteiger partial charge >= 0.3 is 0 Å². The summed E-state index contributed by atoms with van der Waals surface area (Å²) in [5.74, 6) is 0.969. The third kappa shape index (κ3) is 7.15. The van der Waals surface area contributed by atoms with Gasteiger partial charge in [0.15, 0.2) is 0 Å². The van der Waals surface area contributed by atoms with E-state index in [4.69, 9.17) is 11.6 Å². The van der Waals surface area contributed by atoms with Gasteiger partial charge in [-0.15, -0.1) is 0 Å². The molecule has 0 spiro atoms. The Morgan fingerprint density at radius 1 is 0.760 bits per heavy atom. The first-order chi connectivity index (χ1) is 12.2. The molecule has 25 heavy (non-hydrogen) atoms. The molecule has 1 heterocycles. The zero-order valence-corrected chi connectivity index (χ0v) is 16.5. The second-order valence-corrected chi connectivity index (χ2v) is 7.25. The summed E-state index contributed by atoms with van der Waals surface area (Å²) in [7, 11) is 0. The molecular formula is C22H31ClN2. The molecule has 2 aromatic rings. The lowest BCUT2D eigenvalue weighted by atomic mass is 10.0. The van der Waals surface area contributed by atoms with Crippen LogP contribution in [0.4, 0.5) is 0 Å². The van der Waals surface area contributed by atoms with Crippen LogP contribution >= 0.6 is 11.6 Å². The first kappa shape index (κ1) is 19.9. The molecule has 2 rings (SSSR count). The van der Waals surface area contributed by atoms with Crippen molar-refractivity contribution in [2.24, 2.45) is 0 Å². The third-order valence-corrected chi connectivity index (χ3v) is 4.98. The Bertz CT molecular complexity index is 622. The molecule has 0 saturated carbocycles. The summed E-state index contributed by atoms with van der Waals surface area (Å²) in [5, 5.41) is 0.913. The second kappa shape index (κ2) is 11.3. The summed E-state index contributed by atoms with van der Waals surface area (Å²) < 4.78 is 0. The molecule has 0 aliphatic heterocycles. The molecule has 1 aromatic heterocycles. The maximum absolute atomic E-state index is 6.45. The maximum Gasteiger partial charge on any atom is 0.128 e. The number of aromatic nitrogens is 2. The minimum absolute atomic E-state index is 0.913. The van der Waals surface area contributed by atoms with E-state index in [1.807, 2.05) is 12.4 Å². The van der Waals surface area contributed by atoms with Gasteiger partial charge in [-0.1, -0.05) is 63.3 Å². The quantitative estimate of drug-likeness (QED) is 0.435. The summed E-state index contributed by atoms with van der Waals surface area (Å²) in [5.41, 5.74) is 3.76. The van der Waals surface area contributed by atoms with E-state index in [-0.39, 0.29) is 0 Å². The lowest BCUT2D eigenvalue weighted by Gasteiger charge is -2.08. The second-order valence-electron chi connectivity index (χ2n) is 6.85. The highest BCUT2D eigenvalue weighted by Gasteiger charge is 2.04. The third-order valence-electron chi connectivity index (χ3n) is 4.63. The van der Waals surface area contributed by atoms with E-state index in [1.165, 1.54) is 55.2 Å². The van der Waals surface area contributed by atoms with Crippen molar-refractivity contribution in [1.82, 2.24) is 9.97 Å². The Morgan fingerprint density at radius 3 is 2.04 bits per heavy atom. The zero-order chi connectivity index (χ0) is 17.9. The lowest BCUT2D eigenvalue weighted by molar-refractivity contribution is 0.691. The Labute approximate surface area is 158 Å². The normalized spacial score (nSPS) is 11.0. The maximum atomic E-state index is 6.45. The van der Waals surface area contributed by atoms with E-state index >= 15 is 0 Å². The van der Waals surface area contributed by atoms with Crippen LogP contribution in [0.1, 0.15) is 74.9 Å². The molecular weight excluding hydrogens is 328 g/mol. The fraction of sp³-hybridized carbons (Fsp3) is 0.545. The van der Waals surface area contributed by atoms with Crippen molar-refractivity contribution in [3.63, 3.8) is 0 Å². The van der Waals surface area contributed by atoms with Gasteiger partial charge in [0.1, 0.15) is 5.82 Å². The number of rotatable bonds is 11. The van der Waals surface area contributed by atoms with Crippen LogP contribution in [0.3, 0.4) is 0 Å². The van der Waals surface area contributed by atoms with Gasteiger partial charge in [0, 0.05) is 23.8 Å². The molecule has 0 unspecified atom stereocenters. The summed E-state index contributed by atoms with van der Waals surface area (Å²) in [4.78, 5) is 9.00. The van der Waals surface area contributed by atoms with Crippen LogP contribution in [-0.4, -0.2) is 9.97 Å². The SMILES string of the molecule is CCCCCc1ncc(CCc2ccc(CCCCC)c(Cl)c2)cn1. The highest BCUT2D eigenvalue weighted by molar-refractivity contribution is 6.31. The van der Waals surface area contributed by atoms with Gasteiger partial charge in [0.25, 0.3) is 0 Å². The van der Waals surface area contributed by atoms with Gasteiger partial charge in [0.2, 0.25) is 0 Å². The molecule has 0 amide bonds. The van der Waals surface area contributed by atoms with Gasteiger partial charge < -0.3 is 0 Å². The monoisotopic (exact) mass is 358 g/mol. The van der Waals surface area contributed by atoms with Crippen molar-refractivity contribution >= 4 is 11.6 Å². The minimum Gasteiger partial charge on any atom is -0.241 e. The standard InChI is InChI=1S/C22H31ClN2/c1-3-5-7-9-20-14-13-18(15-21(20)23)11-12-19-16-24-22(25-17-19)10-8-6-4-2/h13-17H,3-12H2,1-2H3. The molecule has 3 heteroatoms. The molecule has 136 valence electrons. The molecule has 0 aliphatic carbocycles. The highest BCUT2D eigenvalue weighted by Crippen LogP contribution is 2.21. The number of hydrogen-bond donors (Lipinski definition) is 0. The van der Waals surface area contributed by atoms with Gasteiger partial charge in [0.05, 0.1) is 0 Å². The fourth-order valence-electron chi connectivity index (χ4n) is 2.98. The van der Waals surface area contributed by atoms with Gasteiger partial charge in [-0.05, 0) is 54.9 Å². The minimum atomic E-state index is 0.913. The van der Waals surface area contributed by atoms with E-state index < -0.39 is 0 Å². The molecule has 0 fully saturated rings. The smallest absolute Gasteiger partial charge is 0.128 e. The Kier molecular flexibility index (Phi) is 8.96. The number of hydrogen-bond acceptors (Lipinski definition) is 2. The number of nitrogens with zero attached hydrogens (tertiary/aromatic N) is 2. The lowest BCUT2D eigenvalue weighted by Crippen LogP contribution is -1.99. The Morgan fingerprint density at radius 2 is 1.40 bits per heavy atom. The van der Waals surface area contributed by atoms with Crippen molar-refractivity contribution in [3.8, 4) is 0 Å². The van der Waals surface area contributed by atoms with Crippen molar-refractivity contribution in [2.75, 3.05) is 0 Å². The number of unbranched alkanes of at least 4 members (excludes halogenated alkanes) is 4. The van der Waals surface area contributed by atoms with Crippen molar-refractivity contribution in [2.45, 2.75) is 78.1 Å². The summed E-state index contributed by atoms with van der Waals surface area (Å²) in [6.45, 7) is 4.44. The van der Waals surface area contributed by atoms with Crippen LogP contribution in [0.5, 0.6) is 0 Å². The Balaban J connectivity index is 1.83. The highest BCUT2D eigenvalue weighted by atomic mass is 35.5. The number of aryl methyl sites for hydroxylation is 4. The van der Waals surface area contributed by atoms with Gasteiger partial charge in [-0.25, -0.2) is 9.97 Å². The molecule has 0 radical (unpaired) electrons. The fourth-order valence-corrected chi connectivity index (χ4v) is 3.27. The van der Waals surface area contributed by atoms with Crippen LogP contribution in [0, 0.1) is 0 Å². The van der Waals surface area contributed by atoms with E-state index in [1.54, 1.807) is 0 Å². The van der Waals surface area contributed by atoms with Gasteiger partial charge in [-0.2, -0.15) is 0 Å². The van der Waals surface area contributed by atoms with Crippen LogP contribution in [0.25, 0.3) is 0 Å². The van der Waals surface area contributed by atoms with Crippen LogP contribution in [0.15, 0.2) is 30.6 Å². The van der Waals surface area contributed by atoms with Crippen LogP contribution in [-0.2, 0) is 25.7 Å². The first-order valence-corrected chi connectivity index (χ1v) is 10.2. The topological polar surface area (TPSA) is 25.8 Å². The molecule has 0 saturated heterocycles. The Hall–Kier alpha value is -1.41. The summed E-state index contributed by atoms with van der Waals surface area (Å²) in [6.07, 6.45) is 15.4. The molecule has 0 atom stereocenters. The molecule has 0 aliphatic rings. The molecule has 0 bridgehead atoms. The number of benzene rings is 1. The van der Waals surface area contributed by atoms with E-state index in [9.17, 15) is 0 Å². The van der Waals surface area contributed by atoms with Crippen molar-refractivity contribution in [1.29, 1.82) is 0 Å². The predicted octanol–water partition coefficient (Wildman–Crippen LogP) is 6.38. The van der Waals surface area contributed by atoms with Crippen LogP contribution < -0.4 is 0 Å². The van der Waals surface area contributed by atoms with E-state index in [0.29, 0.717) is 0 Å². The largest absolute Gasteiger partial charge is 0.241 e. The molecule has 1 aromatic carbocycles. The zero-order valence-electron chi connectivity index (χ0n) is 15.7. The average Bonchev–Trinajstić information content (AvgIpc) is 2.63. The summed E-state index contributed by atoms with van der Waals surface area (Å²) >= 11 is 6.45. The van der Waals surface area contributed by atoms with E-state index in [2.05, 4.69) is 42.0 Å². The average molecular weight is 359 g/mol. The first-order valence-electron chi connectivity index (χ1n) is 9.80. The van der Waals surface area contributed by atoms with Crippen molar-refractivity contribution in [3.05, 3.63) is 58.1 Å². The predicted molar refractivity (Wildman–Crippen MR) is 107 cm³/mol. The van der Waals surface area contributed by atoms with Gasteiger partial charge in [-0.3, -0.25) is 0 Å². The van der Waals surface area contributed by atoms with Crippen molar-refractivity contribution < 1.29 is 0 Å². The van der Waals surface area contributed by atoms with E-state index in [0.717, 1.165) is 36.5 Å². The number of halogens is 1. The molecule has 2 nitrogen and oxygen atoms in total.